The Morgan fingerprint density at radius 3 is 2.83 bits per heavy atom. The minimum Gasteiger partial charge on any atom is -0.387 e. The third-order valence-electron chi connectivity index (χ3n) is 6.29. The second-order valence-electron chi connectivity index (χ2n) is 8.80. The highest BCUT2D eigenvalue weighted by atomic mass is 32.2. The summed E-state index contributed by atoms with van der Waals surface area (Å²) in [5.41, 5.74) is 1.99. The molecule has 2 saturated heterocycles. The number of aliphatic hydroxyl groups excluding tert-OH is 1. The van der Waals surface area contributed by atoms with Crippen molar-refractivity contribution in [2.45, 2.75) is 32.0 Å². The van der Waals surface area contributed by atoms with E-state index in [4.69, 9.17) is 21.9 Å². The number of hydrogen-bond donors (Lipinski definition) is 2. The van der Waals surface area contributed by atoms with E-state index in [9.17, 15) is 14.7 Å². The maximum absolute atomic E-state index is 13.5. The summed E-state index contributed by atoms with van der Waals surface area (Å²) < 4.78 is 7.58. The van der Waals surface area contributed by atoms with Crippen molar-refractivity contribution < 1.29 is 14.6 Å². The molecule has 3 aromatic rings. The number of thioether (sulfide) groups is 1. The van der Waals surface area contributed by atoms with Gasteiger partial charge in [0.15, 0.2) is 0 Å². The van der Waals surface area contributed by atoms with Crippen molar-refractivity contribution in [2.24, 2.45) is 0 Å². The predicted octanol–water partition coefficient (Wildman–Crippen LogP) is 3.53. The van der Waals surface area contributed by atoms with Gasteiger partial charge in [0.05, 0.1) is 29.2 Å². The first kappa shape index (κ1) is 24.6. The normalized spacial score (nSPS) is 20.0. The van der Waals surface area contributed by atoms with Gasteiger partial charge in [-0.2, -0.15) is 0 Å². The maximum atomic E-state index is 13.5. The van der Waals surface area contributed by atoms with Gasteiger partial charge in [0.2, 0.25) is 0 Å². The smallest absolute Gasteiger partial charge is 0.267 e. The van der Waals surface area contributed by atoms with Crippen molar-refractivity contribution in [3.8, 4) is 0 Å². The van der Waals surface area contributed by atoms with E-state index in [2.05, 4.69) is 5.32 Å². The molecule has 2 aromatic heterocycles. The van der Waals surface area contributed by atoms with Gasteiger partial charge in [0.1, 0.15) is 15.8 Å². The van der Waals surface area contributed by atoms with Crippen LogP contribution in [0, 0.1) is 6.92 Å². The lowest BCUT2D eigenvalue weighted by atomic mass is 10.1. The first-order valence-corrected chi connectivity index (χ1v) is 13.0. The van der Waals surface area contributed by atoms with Gasteiger partial charge in [-0.25, -0.2) is 4.98 Å². The van der Waals surface area contributed by atoms with E-state index in [0.29, 0.717) is 33.8 Å². The van der Waals surface area contributed by atoms with Crippen LogP contribution < -0.4 is 10.9 Å². The van der Waals surface area contributed by atoms with Crippen molar-refractivity contribution in [1.82, 2.24) is 14.3 Å². The number of aryl methyl sites for hydroxylation is 1. The lowest BCUT2D eigenvalue weighted by Gasteiger charge is -2.18. The molecule has 0 unspecified atom stereocenters. The van der Waals surface area contributed by atoms with E-state index in [0.717, 1.165) is 24.0 Å². The van der Waals surface area contributed by atoms with Crippen LogP contribution in [0.5, 0.6) is 0 Å². The van der Waals surface area contributed by atoms with Crippen molar-refractivity contribution in [3.05, 3.63) is 80.6 Å². The number of pyridine rings is 1. The van der Waals surface area contributed by atoms with Crippen LogP contribution in [0.15, 0.2) is 58.4 Å². The molecule has 0 bridgehead atoms. The average molecular weight is 523 g/mol. The van der Waals surface area contributed by atoms with E-state index in [1.54, 1.807) is 23.2 Å². The summed E-state index contributed by atoms with van der Waals surface area (Å²) in [7, 11) is 0. The first-order valence-electron chi connectivity index (χ1n) is 11.8. The fourth-order valence-corrected chi connectivity index (χ4v) is 5.60. The Morgan fingerprint density at radius 2 is 2.08 bits per heavy atom. The molecule has 2 N–H and O–H groups in total. The number of nitrogens with zero attached hydrogens (tertiary/aromatic N) is 3. The number of carbonyl (C=O) groups excluding carboxylic acids is 1. The van der Waals surface area contributed by atoms with Crippen molar-refractivity contribution >= 4 is 51.7 Å². The third kappa shape index (κ3) is 4.94. The molecule has 2 fully saturated rings. The topological polar surface area (TPSA) is 96.2 Å². The summed E-state index contributed by atoms with van der Waals surface area (Å²) in [6, 6.07) is 12.9. The van der Waals surface area contributed by atoms with Crippen LogP contribution in [0.2, 0.25) is 0 Å². The summed E-state index contributed by atoms with van der Waals surface area (Å²) in [6.45, 7) is 3.11. The van der Waals surface area contributed by atoms with Crippen LogP contribution in [-0.4, -0.2) is 55.4 Å². The molecule has 5 rings (SSSR count). The molecule has 1 aromatic carbocycles. The molecule has 0 saturated carbocycles. The molecule has 186 valence electrons. The van der Waals surface area contributed by atoms with Gasteiger partial charge in [-0.05, 0) is 43.0 Å². The predicted molar refractivity (Wildman–Crippen MR) is 145 cm³/mol. The number of aromatic nitrogens is 2. The van der Waals surface area contributed by atoms with E-state index < -0.39 is 6.10 Å². The van der Waals surface area contributed by atoms with Crippen molar-refractivity contribution in [2.75, 3.05) is 25.0 Å². The number of anilines is 1. The molecule has 2 aliphatic rings. The number of benzene rings is 1. The molecule has 0 spiro atoms. The highest BCUT2D eigenvalue weighted by Crippen LogP contribution is 2.34. The van der Waals surface area contributed by atoms with Crippen LogP contribution in [0.25, 0.3) is 11.7 Å². The Kier molecular flexibility index (Phi) is 7.20. The van der Waals surface area contributed by atoms with E-state index in [1.165, 1.54) is 16.2 Å². The van der Waals surface area contributed by atoms with Gasteiger partial charge in [-0.15, -0.1) is 0 Å². The Bertz CT molecular complexity index is 1400. The lowest BCUT2D eigenvalue weighted by molar-refractivity contribution is -0.123. The zero-order valence-corrected chi connectivity index (χ0v) is 21.3. The summed E-state index contributed by atoms with van der Waals surface area (Å²) in [4.78, 5) is 33.3. The van der Waals surface area contributed by atoms with Crippen LogP contribution in [0.4, 0.5) is 5.82 Å². The summed E-state index contributed by atoms with van der Waals surface area (Å²) >= 11 is 6.64. The van der Waals surface area contributed by atoms with Crippen molar-refractivity contribution in [1.29, 1.82) is 0 Å². The number of aliphatic hydroxyl groups is 1. The highest BCUT2D eigenvalue weighted by molar-refractivity contribution is 8.26. The molecular formula is C26H26N4O4S2. The van der Waals surface area contributed by atoms with Gasteiger partial charge in [-0.3, -0.25) is 18.9 Å². The molecule has 2 atom stereocenters. The van der Waals surface area contributed by atoms with Crippen LogP contribution in [-0.2, 0) is 9.53 Å². The van der Waals surface area contributed by atoms with E-state index in [-0.39, 0.29) is 29.7 Å². The molecule has 1 amide bonds. The molecule has 8 nitrogen and oxygen atoms in total. The Hall–Kier alpha value is -3.05. The molecule has 36 heavy (non-hydrogen) atoms. The van der Waals surface area contributed by atoms with Crippen LogP contribution >= 0.6 is 24.0 Å². The van der Waals surface area contributed by atoms with Gasteiger partial charge in [0, 0.05) is 19.3 Å². The Morgan fingerprint density at radius 1 is 1.28 bits per heavy atom. The number of fused-ring (bicyclic) bond motifs is 1. The molecule has 0 aliphatic carbocycles. The molecular weight excluding hydrogens is 496 g/mol. The molecule has 4 heterocycles. The Labute approximate surface area is 218 Å². The number of amides is 1. The number of nitrogens with one attached hydrogen (secondary N) is 1. The number of thiocarbonyl (C=S) groups is 1. The third-order valence-corrected chi connectivity index (χ3v) is 7.67. The number of rotatable bonds is 7. The molecule has 2 aliphatic heterocycles. The minimum atomic E-state index is -0.805. The lowest BCUT2D eigenvalue weighted by Crippen LogP contribution is -2.35. The quantitative estimate of drug-likeness (QED) is 0.360. The van der Waals surface area contributed by atoms with Crippen molar-refractivity contribution in [3.63, 3.8) is 0 Å². The fourth-order valence-electron chi connectivity index (χ4n) is 4.34. The van der Waals surface area contributed by atoms with E-state index in [1.807, 2.05) is 43.3 Å². The van der Waals surface area contributed by atoms with Gasteiger partial charge < -0.3 is 15.2 Å². The minimum absolute atomic E-state index is 0.0283. The van der Waals surface area contributed by atoms with Crippen LogP contribution in [0.1, 0.15) is 35.6 Å². The zero-order valence-electron chi connectivity index (χ0n) is 19.7. The summed E-state index contributed by atoms with van der Waals surface area (Å²) in [5.74, 6) is 0.0539. The second-order valence-corrected chi connectivity index (χ2v) is 10.5. The molecule has 0 radical (unpaired) electrons. The second kappa shape index (κ2) is 10.5. The first-order chi connectivity index (χ1) is 17.4. The summed E-state index contributed by atoms with van der Waals surface area (Å²) in [6.07, 6.45) is 4.23. The van der Waals surface area contributed by atoms with Crippen LogP contribution in [0.3, 0.4) is 0 Å². The van der Waals surface area contributed by atoms with Gasteiger partial charge in [-0.1, -0.05) is 60.4 Å². The molecule has 10 heteroatoms. The number of ether oxygens (including phenoxy) is 1. The Balaban J connectivity index is 1.50. The number of hydrogen-bond acceptors (Lipinski definition) is 8. The van der Waals surface area contributed by atoms with E-state index >= 15 is 0 Å². The monoisotopic (exact) mass is 522 g/mol. The fraction of sp³-hybridized carbons (Fsp3) is 0.308. The van der Waals surface area contributed by atoms with Gasteiger partial charge >= 0.3 is 0 Å². The van der Waals surface area contributed by atoms with Gasteiger partial charge in [0.25, 0.3) is 11.5 Å². The SMILES string of the molecule is Cc1cccn2c(=O)c(/C=C3\SC(=S)N(C[C@@H]4CCCO4)C3=O)c(NC[C@@H](O)c3ccccc3)nc12. The highest BCUT2D eigenvalue weighted by Gasteiger charge is 2.35. The standard InChI is InChI=1S/C26H26N4O4S2/c1-16-7-5-11-29-23(16)28-22(27-14-20(31)17-8-3-2-4-9-17)19(24(29)32)13-21-25(33)30(26(35)36-21)15-18-10-6-12-34-18/h2-5,7-9,11,13,18,20,27,31H,6,10,12,14-15H2,1H3/b21-13-/t18-,20+/m0/s1. The maximum Gasteiger partial charge on any atom is 0.267 e. The average Bonchev–Trinajstić information content (AvgIpc) is 3.49. The zero-order chi connectivity index (χ0) is 25.2. The largest absolute Gasteiger partial charge is 0.387 e. The number of carbonyl (C=O) groups is 1. The summed E-state index contributed by atoms with van der Waals surface area (Å²) in [5, 5.41) is 13.8.